The molecule has 2 aromatic heterocycles. The highest BCUT2D eigenvalue weighted by Gasteiger charge is 2.22. The summed E-state index contributed by atoms with van der Waals surface area (Å²) in [6.07, 6.45) is 7.82. The van der Waals surface area contributed by atoms with E-state index in [4.69, 9.17) is 4.98 Å². The molecule has 1 fully saturated rings. The van der Waals surface area contributed by atoms with E-state index in [0.717, 1.165) is 48.7 Å². The molecule has 0 amide bonds. The van der Waals surface area contributed by atoms with E-state index in [0.29, 0.717) is 11.1 Å². The van der Waals surface area contributed by atoms with E-state index in [9.17, 15) is 4.79 Å². The molecule has 0 atom stereocenters. The molecule has 1 aliphatic rings. The quantitative estimate of drug-likeness (QED) is 0.442. The molecule has 1 aliphatic carbocycles. The summed E-state index contributed by atoms with van der Waals surface area (Å²) in [5.41, 5.74) is 0.832. The van der Waals surface area contributed by atoms with E-state index in [1.807, 2.05) is 33.5 Å². The van der Waals surface area contributed by atoms with Crippen molar-refractivity contribution in [2.75, 3.05) is 0 Å². The summed E-state index contributed by atoms with van der Waals surface area (Å²) < 4.78 is 3.80. The van der Waals surface area contributed by atoms with Gasteiger partial charge >= 0.3 is 0 Å². The first kappa shape index (κ1) is 19.1. The molecule has 0 N–H and O–H groups in total. The van der Waals surface area contributed by atoms with Crippen LogP contribution in [-0.2, 0) is 12.3 Å². The maximum absolute atomic E-state index is 13.3. The van der Waals surface area contributed by atoms with Gasteiger partial charge in [0.1, 0.15) is 0 Å². The summed E-state index contributed by atoms with van der Waals surface area (Å²) in [4.78, 5) is 18.1. The number of aryl methyl sites for hydroxylation is 1. The minimum Gasteiger partial charge on any atom is -0.284 e. The van der Waals surface area contributed by atoms with Gasteiger partial charge in [0.05, 0.1) is 16.7 Å². The molecule has 2 heterocycles. The zero-order chi connectivity index (χ0) is 19.3. The molecule has 148 valence electrons. The van der Waals surface area contributed by atoms with E-state index in [1.165, 1.54) is 19.3 Å². The summed E-state index contributed by atoms with van der Waals surface area (Å²) >= 11 is 1.56. The van der Waals surface area contributed by atoms with Gasteiger partial charge in [-0.1, -0.05) is 56.5 Å². The van der Waals surface area contributed by atoms with Gasteiger partial charge in [0, 0.05) is 12.6 Å². The number of hydrogen-bond acceptors (Lipinski definition) is 6. The summed E-state index contributed by atoms with van der Waals surface area (Å²) in [5.74, 6) is 1.44. The van der Waals surface area contributed by atoms with Gasteiger partial charge in [-0.2, -0.15) is 0 Å². The van der Waals surface area contributed by atoms with Crippen LogP contribution in [0.2, 0.25) is 0 Å². The van der Waals surface area contributed by atoms with Crippen LogP contribution in [0.5, 0.6) is 0 Å². The Morgan fingerprint density at radius 1 is 1.18 bits per heavy atom. The van der Waals surface area contributed by atoms with E-state index < -0.39 is 0 Å². The van der Waals surface area contributed by atoms with Gasteiger partial charge in [0.2, 0.25) is 0 Å². The van der Waals surface area contributed by atoms with Crippen LogP contribution in [0.3, 0.4) is 0 Å². The van der Waals surface area contributed by atoms with Crippen molar-refractivity contribution in [2.45, 2.75) is 75.4 Å². The molecule has 0 spiro atoms. The number of rotatable bonds is 7. The van der Waals surface area contributed by atoms with E-state index in [1.54, 1.807) is 11.8 Å². The molecular weight excluding hydrogens is 372 g/mol. The van der Waals surface area contributed by atoms with Crippen LogP contribution in [-0.4, -0.2) is 29.8 Å². The zero-order valence-electron chi connectivity index (χ0n) is 16.3. The maximum Gasteiger partial charge on any atom is 0.262 e. The highest BCUT2D eigenvalue weighted by Crippen LogP contribution is 2.31. The Balaban J connectivity index is 1.67. The molecule has 1 aromatic carbocycles. The molecule has 0 saturated heterocycles. The third-order valence-electron chi connectivity index (χ3n) is 5.38. The van der Waals surface area contributed by atoms with Crippen molar-refractivity contribution in [3.63, 3.8) is 0 Å². The average molecular weight is 399 g/mol. The van der Waals surface area contributed by atoms with Crippen LogP contribution < -0.4 is 5.56 Å². The van der Waals surface area contributed by atoms with Crippen LogP contribution in [0.15, 0.2) is 34.2 Å². The Morgan fingerprint density at radius 3 is 2.82 bits per heavy atom. The van der Waals surface area contributed by atoms with Crippen LogP contribution in [0.1, 0.15) is 63.7 Å². The topological polar surface area (TPSA) is 78.5 Å². The number of aromatic nitrogens is 6. The maximum atomic E-state index is 13.3. The summed E-state index contributed by atoms with van der Waals surface area (Å²) in [7, 11) is 0. The van der Waals surface area contributed by atoms with E-state index in [2.05, 4.69) is 22.4 Å². The SMILES string of the molecule is CCCCn1nnnc1CSc1nc2ccccc2c(=O)n1C1CCCCC1. The fourth-order valence-electron chi connectivity index (χ4n) is 3.83. The van der Waals surface area contributed by atoms with Gasteiger partial charge < -0.3 is 0 Å². The molecular formula is C20H26N6OS. The van der Waals surface area contributed by atoms with Crippen molar-refractivity contribution >= 4 is 22.7 Å². The Kier molecular flexibility index (Phi) is 6.04. The van der Waals surface area contributed by atoms with Crippen LogP contribution >= 0.6 is 11.8 Å². The fourth-order valence-corrected chi connectivity index (χ4v) is 4.82. The Hall–Kier alpha value is -2.22. The molecule has 0 aliphatic heterocycles. The summed E-state index contributed by atoms with van der Waals surface area (Å²) in [5, 5.41) is 13.6. The highest BCUT2D eigenvalue weighted by atomic mass is 32.2. The van der Waals surface area contributed by atoms with E-state index in [-0.39, 0.29) is 11.6 Å². The number of benzene rings is 1. The summed E-state index contributed by atoms with van der Waals surface area (Å²) in [6.45, 7) is 2.97. The second kappa shape index (κ2) is 8.86. The molecule has 8 heteroatoms. The second-order valence-corrected chi connectivity index (χ2v) is 8.28. The smallest absolute Gasteiger partial charge is 0.262 e. The van der Waals surface area contributed by atoms with Gasteiger partial charge in [-0.15, -0.1) is 5.10 Å². The third-order valence-corrected chi connectivity index (χ3v) is 6.32. The molecule has 3 aromatic rings. The van der Waals surface area contributed by atoms with Gasteiger partial charge in [-0.25, -0.2) is 9.67 Å². The molecule has 0 radical (unpaired) electrons. The minimum atomic E-state index is 0.0746. The largest absolute Gasteiger partial charge is 0.284 e. The lowest BCUT2D eigenvalue weighted by Crippen LogP contribution is -2.29. The number of fused-ring (bicyclic) bond motifs is 1. The predicted octanol–water partition coefficient (Wildman–Crippen LogP) is 3.98. The lowest BCUT2D eigenvalue weighted by atomic mass is 9.95. The molecule has 28 heavy (non-hydrogen) atoms. The third kappa shape index (κ3) is 3.97. The van der Waals surface area contributed by atoms with Crippen molar-refractivity contribution in [2.24, 2.45) is 0 Å². The Labute approximate surface area is 168 Å². The molecule has 0 unspecified atom stereocenters. The van der Waals surface area contributed by atoms with E-state index >= 15 is 0 Å². The first-order chi connectivity index (χ1) is 13.8. The van der Waals surface area contributed by atoms with Gasteiger partial charge in [-0.3, -0.25) is 9.36 Å². The van der Waals surface area contributed by atoms with Crippen LogP contribution in [0, 0.1) is 0 Å². The fraction of sp³-hybridized carbons (Fsp3) is 0.550. The average Bonchev–Trinajstić information content (AvgIpc) is 3.19. The molecule has 1 saturated carbocycles. The summed E-state index contributed by atoms with van der Waals surface area (Å²) in [6, 6.07) is 7.86. The standard InChI is InChI=1S/C20H26N6OS/c1-2-3-13-25-18(22-23-24-25)14-28-20-21-17-12-8-7-11-16(17)19(27)26(20)15-9-5-4-6-10-15/h7-8,11-12,15H,2-6,9-10,13-14H2,1H3. The number of nitrogens with zero attached hydrogens (tertiary/aromatic N) is 6. The van der Waals surface area contributed by atoms with Crippen LogP contribution in [0.25, 0.3) is 10.9 Å². The molecule has 4 rings (SSSR count). The number of thioether (sulfide) groups is 1. The van der Waals surface area contributed by atoms with Gasteiger partial charge in [-0.05, 0) is 41.8 Å². The van der Waals surface area contributed by atoms with Gasteiger partial charge in [0.15, 0.2) is 11.0 Å². The van der Waals surface area contributed by atoms with Crippen molar-refractivity contribution < 1.29 is 0 Å². The van der Waals surface area contributed by atoms with Crippen LogP contribution in [0.4, 0.5) is 0 Å². The first-order valence-corrected chi connectivity index (χ1v) is 11.2. The highest BCUT2D eigenvalue weighted by molar-refractivity contribution is 7.98. The van der Waals surface area contributed by atoms with Crippen molar-refractivity contribution in [1.29, 1.82) is 0 Å². The minimum absolute atomic E-state index is 0.0746. The predicted molar refractivity (Wildman–Crippen MR) is 110 cm³/mol. The number of para-hydroxylation sites is 1. The Bertz CT molecular complexity index is 992. The number of tetrazole rings is 1. The normalized spacial score (nSPS) is 15.3. The molecule has 0 bridgehead atoms. The number of unbranched alkanes of at least 4 members (excludes halogenated alkanes) is 1. The van der Waals surface area contributed by atoms with Crippen molar-refractivity contribution in [1.82, 2.24) is 29.8 Å². The molecule has 7 nitrogen and oxygen atoms in total. The lowest BCUT2D eigenvalue weighted by Gasteiger charge is -2.26. The number of hydrogen-bond donors (Lipinski definition) is 0. The van der Waals surface area contributed by atoms with Crippen molar-refractivity contribution in [3.05, 3.63) is 40.4 Å². The van der Waals surface area contributed by atoms with Crippen molar-refractivity contribution in [3.8, 4) is 0 Å². The zero-order valence-corrected chi connectivity index (χ0v) is 17.1. The Morgan fingerprint density at radius 2 is 2.00 bits per heavy atom. The second-order valence-electron chi connectivity index (χ2n) is 7.34. The lowest BCUT2D eigenvalue weighted by molar-refractivity contribution is 0.326. The first-order valence-electron chi connectivity index (χ1n) is 10.2. The monoisotopic (exact) mass is 398 g/mol. The van der Waals surface area contributed by atoms with Gasteiger partial charge in [0.25, 0.3) is 5.56 Å².